The molecule has 2 N–H and O–H groups in total. The van der Waals surface area contributed by atoms with Crippen LogP contribution in [-0.4, -0.2) is 42.2 Å². The molecule has 44 heavy (non-hydrogen) atoms. The van der Waals surface area contributed by atoms with Gasteiger partial charge in [0.1, 0.15) is 5.75 Å². The van der Waals surface area contributed by atoms with Crippen molar-refractivity contribution >= 4 is 11.8 Å². The van der Waals surface area contributed by atoms with Crippen molar-refractivity contribution in [3.63, 3.8) is 0 Å². The Labute approximate surface area is 256 Å². The first-order chi connectivity index (χ1) is 21.6. The van der Waals surface area contributed by atoms with Crippen LogP contribution < -0.4 is 10.1 Å². The van der Waals surface area contributed by atoms with Crippen LogP contribution in [0, 0.1) is 0 Å². The average molecular weight is 597 g/mol. The van der Waals surface area contributed by atoms with Gasteiger partial charge in [-0.05, 0) is 64.0 Å². The molecule has 1 amide bonds. The number of unbranched alkanes of at least 4 members (excludes halogenated alkanes) is 1. The van der Waals surface area contributed by atoms with E-state index < -0.39 is 11.6 Å². The number of benzene rings is 3. The van der Waals surface area contributed by atoms with E-state index in [1.54, 1.807) is 12.1 Å². The number of aliphatic hydroxyl groups is 1. The summed E-state index contributed by atoms with van der Waals surface area (Å²) in [7, 11) is 0. The third-order valence-corrected chi connectivity index (χ3v) is 7.37. The first-order valence-electron chi connectivity index (χ1n) is 14.6. The van der Waals surface area contributed by atoms with Crippen LogP contribution in [-0.2, 0) is 29.0 Å². The van der Waals surface area contributed by atoms with Gasteiger partial charge in [-0.15, -0.1) is 0 Å². The summed E-state index contributed by atoms with van der Waals surface area (Å²) in [6, 6.07) is 22.1. The number of amides is 1. The minimum Gasteiger partial charge on any atom is -0.494 e. The van der Waals surface area contributed by atoms with Gasteiger partial charge in [0.2, 0.25) is 5.90 Å². The SMILES string of the molecule is CCCCNC(=O)[C@]1(Cc2ccccc2CN=[N+]=[N-])N=C(c2ccc(OCCCO)cc2)O[C@@H]1c1ccccc1CN=[N+]=[N-]. The number of nitrogens with zero attached hydrogens (tertiary/aromatic N) is 7. The molecule has 12 nitrogen and oxygen atoms in total. The molecule has 0 saturated heterocycles. The number of hydrogen-bond acceptors (Lipinski definition) is 7. The fourth-order valence-electron chi connectivity index (χ4n) is 5.12. The van der Waals surface area contributed by atoms with E-state index in [0.29, 0.717) is 42.0 Å². The maximum absolute atomic E-state index is 14.4. The fourth-order valence-corrected chi connectivity index (χ4v) is 5.12. The van der Waals surface area contributed by atoms with Crippen molar-refractivity contribution in [2.24, 2.45) is 15.2 Å². The second kappa shape index (κ2) is 16.0. The van der Waals surface area contributed by atoms with E-state index in [4.69, 9.17) is 30.6 Å². The monoisotopic (exact) mass is 596 g/mol. The smallest absolute Gasteiger partial charge is 0.252 e. The molecule has 0 bridgehead atoms. The number of azide groups is 2. The normalized spacial score (nSPS) is 17.0. The van der Waals surface area contributed by atoms with Gasteiger partial charge in [0.25, 0.3) is 5.91 Å². The zero-order valence-corrected chi connectivity index (χ0v) is 24.7. The molecule has 1 heterocycles. The van der Waals surface area contributed by atoms with Crippen molar-refractivity contribution in [1.82, 2.24) is 5.32 Å². The Morgan fingerprint density at radius 1 is 0.977 bits per heavy atom. The number of carbonyl (C=O) groups is 1. The van der Waals surface area contributed by atoms with E-state index in [9.17, 15) is 4.79 Å². The topological polar surface area (TPSA) is 178 Å². The lowest BCUT2D eigenvalue weighted by Gasteiger charge is -2.32. The predicted molar refractivity (Wildman–Crippen MR) is 167 cm³/mol. The number of nitrogens with one attached hydrogen (secondary N) is 1. The minimum absolute atomic E-state index is 0.0413. The first-order valence-corrected chi connectivity index (χ1v) is 14.6. The molecule has 0 aromatic heterocycles. The summed E-state index contributed by atoms with van der Waals surface area (Å²) in [5.74, 6) is 0.619. The molecule has 0 unspecified atom stereocenters. The van der Waals surface area contributed by atoms with Crippen LogP contribution in [0.3, 0.4) is 0 Å². The summed E-state index contributed by atoms with van der Waals surface area (Å²) in [6.07, 6.45) is 1.51. The molecular formula is C32H36N8O4. The fraction of sp³-hybridized carbons (Fsp3) is 0.375. The first kappa shape index (κ1) is 31.9. The highest BCUT2D eigenvalue weighted by molar-refractivity contribution is 6.01. The van der Waals surface area contributed by atoms with Crippen molar-refractivity contribution < 1.29 is 19.4 Å². The van der Waals surface area contributed by atoms with Gasteiger partial charge in [0.05, 0.1) is 19.7 Å². The van der Waals surface area contributed by atoms with Gasteiger partial charge < -0.3 is 19.9 Å². The number of aliphatic imine (C=N–C) groups is 1. The number of aliphatic hydroxyl groups excluding tert-OH is 1. The van der Waals surface area contributed by atoms with Crippen molar-refractivity contribution in [3.05, 3.63) is 121 Å². The summed E-state index contributed by atoms with van der Waals surface area (Å²) >= 11 is 0. The van der Waals surface area contributed by atoms with Crippen molar-refractivity contribution in [2.45, 2.75) is 57.3 Å². The van der Waals surface area contributed by atoms with Gasteiger partial charge >= 0.3 is 0 Å². The Morgan fingerprint density at radius 3 is 2.32 bits per heavy atom. The molecule has 1 aliphatic rings. The summed E-state index contributed by atoms with van der Waals surface area (Å²) in [5, 5.41) is 19.7. The lowest BCUT2D eigenvalue weighted by atomic mass is 9.79. The Bertz CT molecular complexity index is 1550. The zero-order chi connectivity index (χ0) is 31.2. The molecule has 4 rings (SSSR count). The van der Waals surface area contributed by atoms with Crippen molar-refractivity contribution in [1.29, 1.82) is 0 Å². The highest BCUT2D eigenvalue weighted by atomic mass is 16.5. The Morgan fingerprint density at radius 2 is 1.64 bits per heavy atom. The van der Waals surface area contributed by atoms with E-state index in [0.717, 1.165) is 24.0 Å². The van der Waals surface area contributed by atoms with Crippen LogP contribution >= 0.6 is 0 Å². The summed E-state index contributed by atoms with van der Waals surface area (Å²) in [6.45, 7) is 3.13. The van der Waals surface area contributed by atoms with Crippen LogP contribution in [0.5, 0.6) is 5.75 Å². The molecule has 0 spiro atoms. The maximum atomic E-state index is 14.4. The summed E-state index contributed by atoms with van der Waals surface area (Å²) in [5.41, 5.74) is 20.2. The van der Waals surface area contributed by atoms with Crippen LogP contribution in [0.2, 0.25) is 0 Å². The summed E-state index contributed by atoms with van der Waals surface area (Å²) < 4.78 is 12.3. The minimum atomic E-state index is -1.45. The van der Waals surface area contributed by atoms with Gasteiger partial charge in [-0.3, -0.25) is 4.79 Å². The number of ether oxygens (including phenoxy) is 2. The van der Waals surface area contributed by atoms with Crippen LogP contribution in [0.4, 0.5) is 0 Å². The standard InChI is InChI=1S/C32H36N8O4/c1-2-3-17-35-31(42)32(20-24-9-4-5-10-25(24)21-36-39-33)29(28-12-7-6-11-26(28)22-37-40-34)44-30(38-32)23-13-15-27(16-14-23)43-19-8-18-41/h4-7,9-16,29,41H,2-3,8,17-22H2,1H3,(H,35,42)/t29-,32-/m1/s1. The highest BCUT2D eigenvalue weighted by Gasteiger charge is 2.53. The van der Waals surface area contributed by atoms with Crippen molar-refractivity contribution in [2.75, 3.05) is 19.8 Å². The van der Waals surface area contributed by atoms with E-state index in [1.807, 2.05) is 60.7 Å². The molecule has 12 heteroatoms. The van der Waals surface area contributed by atoms with Crippen molar-refractivity contribution in [3.8, 4) is 5.75 Å². The lowest BCUT2D eigenvalue weighted by Crippen LogP contribution is -2.50. The Kier molecular flexibility index (Phi) is 11.6. The quantitative estimate of drug-likeness (QED) is 0.0832. The molecule has 0 saturated carbocycles. The molecule has 228 valence electrons. The zero-order valence-electron chi connectivity index (χ0n) is 24.7. The largest absolute Gasteiger partial charge is 0.494 e. The number of hydrogen-bond donors (Lipinski definition) is 2. The van der Waals surface area contributed by atoms with Gasteiger partial charge in [-0.1, -0.05) is 72.1 Å². The second-order valence-electron chi connectivity index (χ2n) is 10.3. The predicted octanol–water partition coefficient (Wildman–Crippen LogP) is 6.48. The average Bonchev–Trinajstić information content (AvgIpc) is 3.44. The molecule has 2 atom stereocenters. The van der Waals surface area contributed by atoms with E-state index >= 15 is 0 Å². The van der Waals surface area contributed by atoms with Crippen LogP contribution in [0.15, 0.2) is 88.0 Å². The van der Waals surface area contributed by atoms with Gasteiger partial charge in [0, 0.05) is 41.4 Å². The van der Waals surface area contributed by atoms with Gasteiger partial charge in [-0.25, -0.2) is 4.99 Å². The third-order valence-electron chi connectivity index (χ3n) is 7.37. The molecule has 3 aromatic carbocycles. The van der Waals surface area contributed by atoms with Crippen LogP contribution in [0.1, 0.15) is 60.1 Å². The summed E-state index contributed by atoms with van der Waals surface area (Å²) in [4.78, 5) is 25.3. The van der Waals surface area contributed by atoms with E-state index in [-0.39, 0.29) is 37.9 Å². The highest BCUT2D eigenvalue weighted by Crippen LogP contribution is 2.44. The molecule has 3 aromatic rings. The molecule has 0 fully saturated rings. The van der Waals surface area contributed by atoms with E-state index in [1.165, 1.54) is 0 Å². The van der Waals surface area contributed by atoms with Crippen LogP contribution in [0.25, 0.3) is 20.9 Å². The number of carbonyl (C=O) groups excluding carboxylic acids is 1. The molecule has 0 radical (unpaired) electrons. The Hall–Kier alpha value is -5.02. The Balaban J connectivity index is 1.86. The van der Waals surface area contributed by atoms with Gasteiger partial charge in [-0.2, -0.15) is 0 Å². The molecule has 1 aliphatic heterocycles. The number of rotatable bonds is 16. The third kappa shape index (κ3) is 7.67. The molecule has 0 aliphatic carbocycles. The maximum Gasteiger partial charge on any atom is 0.252 e. The van der Waals surface area contributed by atoms with Gasteiger partial charge in [0.15, 0.2) is 11.6 Å². The molecular weight excluding hydrogens is 560 g/mol. The second-order valence-corrected chi connectivity index (χ2v) is 10.3. The van der Waals surface area contributed by atoms with E-state index in [2.05, 4.69) is 32.3 Å². The lowest BCUT2D eigenvalue weighted by molar-refractivity contribution is -0.128.